The van der Waals surface area contributed by atoms with Gasteiger partial charge >= 0.3 is 0 Å². The first-order valence-corrected chi connectivity index (χ1v) is 8.99. The van der Waals surface area contributed by atoms with Gasteiger partial charge in [-0.2, -0.15) is 0 Å². The largest absolute Gasteiger partial charge is 0.396 e. The average molecular weight is 317 g/mol. The van der Waals surface area contributed by atoms with Crippen LogP contribution in [0.25, 0.3) is 0 Å². The lowest BCUT2D eigenvalue weighted by atomic mass is 10.0. The van der Waals surface area contributed by atoms with E-state index in [4.69, 9.17) is 10.1 Å². The quantitative estimate of drug-likeness (QED) is 0.485. The zero-order valence-corrected chi connectivity index (χ0v) is 14.5. The van der Waals surface area contributed by atoms with Crippen molar-refractivity contribution < 1.29 is 5.11 Å². The van der Waals surface area contributed by atoms with Crippen molar-refractivity contribution in [3.8, 4) is 0 Å². The first kappa shape index (κ1) is 17.8. The molecule has 3 N–H and O–H groups in total. The molecule has 1 aliphatic rings. The van der Waals surface area contributed by atoms with E-state index in [-0.39, 0.29) is 6.61 Å². The van der Waals surface area contributed by atoms with Gasteiger partial charge in [0.05, 0.1) is 0 Å². The lowest BCUT2D eigenvalue weighted by Gasteiger charge is -2.15. The lowest BCUT2D eigenvalue weighted by molar-refractivity contribution is 0.253. The Hall–Kier alpha value is -1.55. The van der Waals surface area contributed by atoms with Crippen LogP contribution in [0.3, 0.4) is 0 Å². The predicted octanol–water partition coefficient (Wildman–Crippen LogP) is 2.90. The molecule has 4 heteroatoms. The number of hydrogen-bond donors (Lipinski definition) is 3. The van der Waals surface area contributed by atoms with Crippen molar-refractivity contribution >= 4 is 5.96 Å². The third-order valence-corrected chi connectivity index (χ3v) is 4.43. The van der Waals surface area contributed by atoms with Crippen molar-refractivity contribution in [2.24, 2.45) is 10.9 Å². The molecular formula is C19H31N3O. The summed E-state index contributed by atoms with van der Waals surface area (Å²) in [5.41, 5.74) is 1.41. The molecular weight excluding hydrogens is 286 g/mol. The summed E-state index contributed by atoms with van der Waals surface area (Å²) in [6.45, 7) is 6.19. The second-order valence-electron chi connectivity index (χ2n) is 6.39. The maximum Gasteiger partial charge on any atom is 0.191 e. The maximum absolute atomic E-state index is 9.17. The number of nitrogens with zero attached hydrogens (tertiary/aromatic N) is 1. The monoisotopic (exact) mass is 317 g/mol. The van der Waals surface area contributed by atoms with Crippen LogP contribution in [-0.2, 0) is 0 Å². The summed E-state index contributed by atoms with van der Waals surface area (Å²) in [6, 6.07) is 11.2. The van der Waals surface area contributed by atoms with E-state index in [0.29, 0.717) is 17.9 Å². The highest BCUT2D eigenvalue weighted by Crippen LogP contribution is 2.40. The van der Waals surface area contributed by atoms with Crippen molar-refractivity contribution in [2.75, 3.05) is 19.7 Å². The number of nitrogens with one attached hydrogen (secondary N) is 2. The van der Waals surface area contributed by atoms with Crippen LogP contribution in [-0.4, -0.2) is 36.8 Å². The Morgan fingerprint density at radius 1 is 1.26 bits per heavy atom. The number of rotatable bonds is 9. The van der Waals surface area contributed by atoms with Crippen LogP contribution >= 0.6 is 0 Å². The molecule has 0 spiro atoms. The van der Waals surface area contributed by atoms with Crippen LogP contribution in [0.1, 0.15) is 51.0 Å². The maximum atomic E-state index is 9.17. The molecule has 0 aliphatic heterocycles. The number of benzene rings is 1. The van der Waals surface area contributed by atoms with Crippen LogP contribution < -0.4 is 10.6 Å². The van der Waals surface area contributed by atoms with Gasteiger partial charge in [-0.25, -0.2) is 0 Å². The standard InChI is InChI=1S/C19H31N3O/c1-3-8-15(11-12-23)14-21-19(20-4-2)22-18-13-17(18)16-9-6-5-7-10-16/h5-7,9-10,15,17-18,23H,3-4,8,11-14H2,1-2H3,(H2,20,21,22). The van der Waals surface area contributed by atoms with Crippen molar-refractivity contribution in [3.63, 3.8) is 0 Å². The summed E-state index contributed by atoms with van der Waals surface area (Å²) in [6.07, 6.45) is 4.28. The molecule has 23 heavy (non-hydrogen) atoms. The second-order valence-corrected chi connectivity index (χ2v) is 6.39. The molecule has 3 unspecified atom stereocenters. The number of hydrogen-bond acceptors (Lipinski definition) is 2. The van der Waals surface area contributed by atoms with Crippen LogP contribution in [0.4, 0.5) is 0 Å². The highest BCUT2D eigenvalue weighted by Gasteiger charge is 2.38. The summed E-state index contributed by atoms with van der Waals surface area (Å²) in [7, 11) is 0. The van der Waals surface area contributed by atoms with Gasteiger partial charge in [-0.3, -0.25) is 4.99 Å². The predicted molar refractivity (Wildman–Crippen MR) is 96.8 cm³/mol. The van der Waals surface area contributed by atoms with Gasteiger partial charge in [0.15, 0.2) is 5.96 Å². The SMILES string of the molecule is CCCC(CCO)CN=C(NCC)NC1CC1c1ccccc1. The molecule has 1 saturated carbocycles. The molecule has 4 nitrogen and oxygen atoms in total. The third kappa shape index (κ3) is 5.87. The molecule has 0 aromatic heterocycles. The normalized spacial score (nSPS) is 21.8. The fourth-order valence-electron chi connectivity index (χ4n) is 3.06. The van der Waals surface area contributed by atoms with Crippen LogP contribution in [0.5, 0.6) is 0 Å². The molecule has 1 aromatic rings. The molecule has 0 radical (unpaired) electrons. The van der Waals surface area contributed by atoms with E-state index >= 15 is 0 Å². The summed E-state index contributed by atoms with van der Waals surface area (Å²) < 4.78 is 0. The van der Waals surface area contributed by atoms with Gasteiger partial charge in [-0.1, -0.05) is 43.7 Å². The van der Waals surface area contributed by atoms with E-state index in [0.717, 1.165) is 38.3 Å². The van der Waals surface area contributed by atoms with Gasteiger partial charge in [0, 0.05) is 31.7 Å². The van der Waals surface area contributed by atoms with Crippen molar-refractivity contribution in [2.45, 2.75) is 51.5 Å². The topological polar surface area (TPSA) is 56.7 Å². The second kappa shape index (κ2) is 9.56. The number of aliphatic imine (C=N–C) groups is 1. The van der Waals surface area contributed by atoms with Crippen molar-refractivity contribution in [3.05, 3.63) is 35.9 Å². The van der Waals surface area contributed by atoms with E-state index in [9.17, 15) is 0 Å². The van der Waals surface area contributed by atoms with Gasteiger partial charge in [0.25, 0.3) is 0 Å². The average Bonchev–Trinajstić information content (AvgIpc) is 3.33. The summed E-state index contributed by atoms with van der Waals surface area (Å²) in [5.74, 6) is 1.99. The Balaban J connectivity index is 1.87. The Kier molecular flexibility index (Phi) is 7.40. The van der Waals surface area contributed by atoms with Gasteiger partial charge in [0.1, 0.15) is 0 Å². The van der Waals surface area contributed by atoms with Gasteiger partial charge in [0.2, 0.25) is 0 Å². The highest BCUT2D eigenvalue weighted by atomic mass is 16.3. The van der Waals surface area contributed by atoms with E-state index in [2.05, 4.69) is 54.8 Å². The molecule has 1 aliphatic carbocycles. The van der Waals surface area contributed by atoms with E-state index in [1.165, 1.54) is 12.0 Å². The molecule has 1 aromatic carbocycles. The molecule has 3 atom stereocenters. The van der Waals surface area contributed by atoms with E-state index in [1.54, 1.807) is 0 Å². The Labute approximate surface area is 140 Å². The molecule has 0 heterocycles. The molecule has 2 rings (SSSR count). The molecule has 0 saturated heterocycles. The third-order valence-electron chi connectivity index (χ3n) is 4.43. The Morgan fingerprint density at radius 3 is 2.70 bits per heavy atom. The number of aliphatic hydroxyl groups is 1. The van der Waals surface area contributed by atoms with Crippen LogP contribution in [0.2, 0.25) is 0 Å². The fraction of sp³-hybridized carbons (Fsp3) is 0.632. The first-order valence-electron chi connectivity index (χ1n) is 8.99. The minimum atomic E-state index is 0.253. The molecule has 0 amide bonds. The van der Waals surface area contributed by atoms with Gasteiger partial charge in [-0.05, 0) is 37.7 Å². The summed E-state index contributed by atoms with van der Waals surface area (Å²) in [4.78, 5) is 4.74. The number of guanidine groups is 1. The smallest absolute Gasteiger partial charge is 0.191 e. The highest BCUT2D eigenvalue weighted by molar-refractivity contribution is 5.80. The first-order chi connectivity index (χ1) is 11.3. The minimum Gasteiger partial charge on any atom is -0.396 e. The van der Waals surface area contributed by atoms with Crippen molar-refractivity contribution in [1.29, 1.82) is 0 Å². The van der Waals surface area contributed by atoms with Gasteiger partial charge in [-0.15, -0.1) is 0 Å². The van der Waals surface area contributed by atoms with Crippen molar-refractivity contribution in [1.82, 2.24) is 10.6 Å². The lowest BCUT2D eigenvalue weighted by Crippen LogP contribution is -2.39. The summed E-state index contributed by atoms with van der Waals surface area (Å²) in [5, 5.41) is 16.1. The van der Waals surface area contributed by atoms with Crippen LogP contribution in [0, 0.1) is 5.92 Å². The van der Waals surface area contributed by atoms with Gasteiger partial charge < -0.3 is 15.7 Å². The molecule has 1 fully saturated rings. The minimum absolute atomic E-state index is 0.253. The molecule has 0 bridgehead atoms. The Bertz CT molecular complexity index is 469. The zero-order valence-electron chi connectivity index (χ0n) is 14.5. The van der Waals surface area contributed by atoms with Crippen LogP contribution in [0.15, 0.2) is 35.3 Å². The Morgan fingerprint density at radius 2 is 2.04 bits per heavy atom. The summed E-state index contributed by atoms with van der Waals surface area (Å²) >= 11 is 0. The molecule has 128 valence electrons. The zero-order chi connectivity index (χ0) is 16.5. The van der Waals surface area contributed by atoms with E-state index in [1.807, 2.05) is 0 Å². The number of aliphatic hydroxyl groups excluding tert-OH is 1. The fourth-order valence-corrected chi connectivity index (χ4v) is 3.06. The van der Waals surface area contributed by atoms with E-state index < -0.39 is 0 Å².